The van der Waals surface area contributed by atoms with Crippen LogP contribution in [0.4, 0.5) is 5.69 Å². The van der Waals surface area contributed by atoms with Crippen LogP contribution in [0.1, 0.15) is 26.7 Å². The van der Waals surface area contributed by atoms with Crippen molar-refractivity contribution in [2.24, 2.45) is 0 Å². The Morgan fingerprint density at radius 1 is 1.20 bits per heavy atom. The minimum absolute atomic E-state index is 0.187. The Morgan fingerprint density at radius 3 is 2.65 bits per heavy atom. The van der Waals surface area contributed by atoms with E-state index in [1.54, 1.807) is 0 Å². The number of piperidine rings is 1. The molecule has 1 fully saturated rings. The number of hydrogen-bond donors (Lipinski definition) is 1. The molecule has 0 radical (unpaired) electrons. The van der Waals surface area contributed by atoms with Crippen LogP contribution in [-0.2, 0) is 0 Å². The molecule has 20 heavy (non-hydrogen) atoms. The van der Waals surface area contributed by atoms with E-state index < -0.39 is 0 Å². The largest absolute Gasteiger partial charge is 0.479 e. The molecule has 3 rings (SSSR count). The lowest BCUT2D eigenvalue weighted by atomic mass is 9.86. The summed E-state index contributed by atoms with van der Waals surface area (Å²) in [5.74, 6) is 0.984. The number of para-hydroxylation sites is 2. The van der Waals surface area contributed by atoms with Crippen molar-refractivity contribution in [3.63, 3.8) is 0 Å². The van der Waals surface area contributed by atoms with Crippen LogP contribution in [0.5, 0.6) is 5.75 Å². The first-order valence-corrected chi connectivity index (χ1v) is 7.38. The van der Waals surface area contributed by atoms with E-state index in [0.717, 1.165) is 37.4 Å². The van der Waals surface area contributed by atoms with E-state index >= 15 is 0 Å². The first-order chi connectivity index (χ1) is 9.80. The number of fused-ring (bicyclic) bond motifs is 1. The zero-order valence-electron chi connectivity index (χ0n) is 12.2. The number of allylic oxidation sites excluding steroid dienone is 2. The number of rotatable bonds is 1. The third-order valence-corrected chi connectivity index (χ3v) is 4.14. The van der Waals surface area contributed by atoms with Gasteiger partial charge in [0.1, 0.15) is 5.75 Å². The number of hydrogen-bond acceptors (Lipinski definition) is 3. The van der Waals surface area contributed by atoms with Gasteiger partial charge in [0.05, 0.1) is 11.4 Å². The van der Waals surface area contributed by atoms with Gasteiger partial charge in [0.2, 0.25) is 0 Å². The Balaban J connectivity index is 2.12. The predicted octanol–water partition coefficient (Wildman–Crippen LogP) is 3.45. The third-order valence-electron chi connectivity index (χ3n) is 4.14. The molecule has 0 bridgehead atoms. The van der Waals surface area contributed by atoms with Crippen LogP contribution < -0.4 is 15.0 Å². The minimum atomic E-state index is -0.187. The van der Waals surface area contributed by atoms with E-state index in [2.05, 4.69) is 60.6 Å². The van der Waals surface area contributed by atoms with Crippen molar-refractivity contribution in [2.75, 3.05) is 18.0 Å². The van der Waals surface area contributed by atoms with Crippen LogP contribution in [0.25, 0.3) is 0 Å². The maximum absolute atomic E-state index is 6.46. The van der Waals surface area contributed by atoms with E-state index in [-0.39, 0.29) is 5.60 Å². The van der Waals surface area contributed by atoms with Gasteiger partial charge in [-0.25, -0.2) is 0 Å². The van der Waals surface area contributed by atoms with E-state index in [0.29, 0.717) is 0 Å². The maximum atomic E-state index is 6.46. The van der Waals surface area contributed by atoms with Crippen molar-refractivity contribution in [2.45, 2.75) is 32.3 Å². The zero-order valence-corrected chi connectivity index (χ0v) is 12.2. The molecule has 0 aromatic heterocycles. The number of nitrogens with one attached hydrogen (secondary N) is 1. The Morgan fingerprint density at radius 2 is 1.95 bits per heavy atom. The maximum Gasteiger partial charge on any atom is 0.151 e. The molecule has 0 atom stereocenters. The highest BCUT2D eigenvalue weighted by Crippen LogP contribution is 2.46. The summed E-state index contributed by atoms with van der Waals surface area (Å²) in [6, 6.07) is 8.29. The smallest absolute Gasteiger partial charge is 0.151 e. The lowest BCUT2D eigenvalue weighted by molar-refractivity contribution is 0.0645. The van der Waals surface area contributed by atoms with Gasteiger partial charge < -0.3 is 15.0 Å². The van der Waals surface area contributed by atoms with E-state index in [1.807, 2.05) is 6.07 Å². The highest BCUT2D eigenvalue weighted by Gasteiger charge is 2.44. The summed E-state index contributed by atoms with van der Waals surface area (Å²) in [6.45, 7) is 6.17. The molecule has 1 aromatic carbocycles. The molecule has 106 valence electrons. The topological polar surface area (TPSA) is 24.5 Å². The Kier molecular flexibility index (Phi) is 3.53. The number of anilines is 1. The molecule has 0 amide bonds. The SMILES string of the molecule is C/C=C\N1/C(=C\C)C2(CCNCC2)Oc2ccccc21. The third kappa shape index (κ3) is 2.02. The lowest BCUT2D eigenvalue weighted by Crippen LogP contribution is -2.53. The molecule has 3 nitrogen and oxygen atoms in total. The fraction of sp³-hybridized carbons (Fsp3) is 0.412. The minimum Gasteiger partial charge on any atom is -0.479 e. The first-order valence-electron chi connectivity index (χ1n) is 7.38. The average Bonchev–Trinajstić information content (AvgIpc) is 2.48. The summed E-state index contributed by atoms with van der Waals surface area (Å²) in [5, 5.41) is 3.43. The molecule has 1 N–H and O–H groups in total. The molecule has 2 heterocycles. The van der Waals surface area contributed by atoms with Gasteiger partial charge in [-0.3, -0.25) is 0 Å². The van der Waals surface area contributed by atoms with Gasteiger partial charge in [0, 0.05) is 19.0 Å². The molecule has 2 aliphatic heterocycles. The van der Waals surface area contributed by atoms with Crippen LogP contribution in [0.3, 0.4) is 0 Å². The molecule has 1 aromatic rings. The Bertz CT molecular complexity index is 542. The molecule has 2 aliphatic rings. The second kappa shape index (κ2) is 5.33. The highest BCUT2D eigenvalue weighted by atomic mass is 16.5. The van der Waals surface area contributed by atoms with Gasteiger partial charge in [-0.15, -0.1) is 0 Å². The summed E-state index contributed by atoms with van der Waals surface area (Å²) in [7, 11) is 0. The van der Waals surface area contributed by atoms with Crippen molar-refractivity contribution < 1.29 is 4.74 Å². The number of benzene rings is 1. The van der Waals surface area contributed by atoms with E-state index in [1.165, 1.54) is 5.70 Å². The van der Waals surface area contributed by atoms with Crippen LogP contribution >= 0.6 is 0 Å². The van der Waals surface area contributed by atoms with Gasteiger partial charge in [0.25, 0.3) is 0 Å². The van der Waals surface area contributed by atoms with Crippen molar-refractivity contribution in [1.29, 1.82) is 0 Å². The van der Waals surface area contributed by atoms with Gasteiger partial charge in [-0.2, -0.15) is 0 Å². The molecule has 0 unspecified atom stereocenters. The van der Waals surface area contributed by atoms with Crippen molar-refractivity contribution in [3.05, 3.63) is 48.3 Å². The first kappa shape index (κ1) is 13.3. The average molecular weight is 270 g/mol. The quantitative estimate of drug-likeness (QED) is 0.846. The second-order valence-corrected chi connectivity index (χ2v) is 5.34. The number of ether oxygens (including phenoxy) is 1. The van der Waals surface area contributed by atoms with Crippen LogP contribution in [0, 0.1) is 0 Å². The second-order valence-electron chi connectivity index (χ2n) is 5.34. The fourth-order valence-corrected chi connectivity index (χ4v) is 3.26. The fourth-order valence-electron chi connectivity index (χ4n) is 3.26. The Labute approximate surface area is 120 Å². The van der Waals surface area contributed by atoms with Crippen LogP contribution in [-0.4, -0.2) is 18.7 Å². The molecule has 0 saturated carbocycles. The summed E-state index contributed by atoms with van der Waals surface area (Å²) in [5.41, 5.74) is 2.20. The van der Waals surface area contributed by atoms with Gasteiger partial charge in [0.15, 0.2) is 5.60 Å². The molecular formula is C17H22N2O. The molecule has 0 aliphatic carbocycles. The number of nitrogens with zero attached hydrogens (tertiary/aromatic N) is 1. The normalized spacial score (nSPS) is 23.1. The zero-order chi connectivity index (χ0) is 14.0. The monoisotopic (exact) mass is 270 g/mol. The summed E-state index contributed by atoms with van der Waals surface area (Å²) in [4.78, 5) is 2.28. The summed E-state index contributed by atoms with van der Waals surface area (Å²) in [6.07, 6.45) is 8.44. The van der Waals surface area contributed by atoms with Crippen molar-refractivity contribution in [3.8, 4) is 5.75 Å². The predicted molar refractivity (Wildman–Crippen MR) is 83.0 cm³/mol. The molecule has 1 saturated heterocycles. The standard InChI is InChI=1S/C17H22N2O/c1-3-13-19-14-7-5-6-8-15(14)20-17(16(19)4-2)9-11-18-12-10-17/h3-8,13,18H,9-12H2,1-2H3/b13-3-,16-4-. The highest BCUT2D eigenvalue weighted by molar-refractivity contribution is 5.68. The lowest BCUT2D eigenvalue weighted by Gasteiger charge is -2.47. The molecule has 1 spiro atoms. The Hall–Kier alpha value is -1.74. The van der Waals surface area contributed by atoms with E-state index in [4.69, 9.17) is 4.74 Å². The van der Waals surface area contributed by atoms with Crippen molar-refractivity contribution in [1.82, 2.24) is 5.32 Å². The van der Waals surface area contributed by atoms with E-state index in [9.17, 15) is 0 Å². The summed E-state index contributed by atoms with van der Waals surface area (Å²) >= 11 is 0. The summed E-state index contributed by atoms with van der Waals surface area (Å²) < 4.78 is 6.46. The van der Waals surface area contributed by atoms with Crippen LogP contribution in [0.15, 0.2) is 48.3 Å². The molecular weight excluding hydrogens is 248 g/mol. The van der Waals surface area contributed by atoms with Gasteiger partial charge in [-0.1, -0.05) is 24.3 Å². The van der Waals surface area contributed by atoms with Gasteiger partial charge >= 0.3 is 0 Å². The van der Waals surface area contributed by atoms with Crippen molar-refractivity contribution >= 4 is 5.69 Å². The van der Waals surface area contributed by atoms with Gasteiger partial charge in [-0.05, 0) is 39.1 Å². The molecule has 3 heteroatoms. The van der Waals surface area contributed by atoms with Crippen LogP contribution in [0.2, 0.25) is 0 Å².